The van der Waals surface area contributed by atoms with E-state index in [0.717, 1.165) is 6.07 Å². The first-order valence-electron chi connectivity index (χ1n) is 4.93. The first-order valence-corrected chi connectivity index (χ1v) is 4.93. The minimum atomic E-state index is -1.47. The molecule has 0 aliphatic carbocycles. The zero-order chi connectivity index (χ0) is 13.3. The maximum Gasteiger partial charge on any atom is 0.258 e. The maximum absolute atomic E-state index is 13.2. The number of hydrogen-bond donors (Lipinski definition) is 0. The van der Waals surface area contributed by atoms with Crippen molar-refractivity contribution in [3.05, 3.63) is 53.2 Å². The monoisotopic (exact) mass is 257 g/mol. The first-order chi connectivity index (χ1) is 8.47. The molecule has 0 spiro atoms. The van der Waals surface area contributed by atoms with Crippen molar-refractivity contribution in [3.63, 3.8) is 0 Å². The van der Waals surface area contributed by atoms with Gasteiger partial charge in [0.25, 0.3) is 11.8 Å². The fraction of sp³-hybridized carbons (Fsp3) is 0.0833. The molecule has 0 aliphatic heterocycles. The second-order valence-corrected chi connectivity index (χ2v) is 3.56. The third-order valence-corrected chi connectivity index (χ3v) is 2.20. The molecule has 2 aromatic rings. The largest absolute Gasteiger partial charge is 0.436 e. The third kappa shape index (κ3) is 2.42. The van der Waals surface area contributed by atoms with E-state index in [0.29, 0.717) is 6.07 Å². The average Bonchev–Trinajstić information content (AvgIpc) is 2.31. The molecule has 0 N–H and O–H groups in total. The summed E-state index contributed by atoms with van der Waals surface area (Å²) in [6, 6.07) is 3.96. The minimum Gasteiger partial charge on any atom is -0.436 e. The standard InChI is InChI=1S/C12H7F4NO/c1-6-4-7(2-3-8(6)13)18-12-10(15)5-9(14)11(16)17-12/h2-5H,1H3. The zero-order valence-electron chi connectivity index (χ0n) is 9.18. The fourth-order valence-corrected chi connectivity index (χ4v) is 1.29. The van der Waals surface area contributed by atoms with E-state index in [-0.39, 0.29) is 11.3 Å². The molecule has 6 heteroatoms. The first kappa shape index (κ1) is 12.3. The number of aromatic nitrogens is 1. The molecule has 18 heavy (non-hydrogen) atoms. The Balaban J connectivity index is 2.34. The van der Waals surface area contributed by atoms with E-state index < -0.39 is 29.3 Å². The highest BCUT2D eigenvalue weighted by Crippen LogP contribution is 2.25. The predicted octanol–water partition coefficient (Wildman–Crippen LogP) is 3.74. The van der Waals surface area contributed by atoms with Gasteiger partial charge in [0.15, 0.2) is 11.6 Å². The number of aryl methyl sites for hydroxylation is 1. The van der Waals surface area contributed by atoms with Gasteiger partial charge < -0.3 is 4.74 Å². The molecular formula is C12H7F4NO. The summed E-state index contributed by atoms with van der Waals surface area (Å²) in [5.74, 6) is -5.11. The van der Waals surface area contributed by atoms with Gasteiger partial charge in [-0.05, 0) is 30.7 Å². The van der Waals surface area contributed by atoms with Crippen molar-refractivity contribution < 1.29 is 22.3 Å². The molecule has 0 fully saturated rings. The van der Waals surface area contributed by atoms with Gasteiger partial charge in [0.2, 0.25) is 0 Å². The molecule has 2 rings (SSSR count). The number of ether oxygens (including phenoxy) is 1. The van der Waals surface area contributed by atoms with Crippen LogP contribution in [0, 0.1) is 30.3 Å². The lowest BCUT2D eigenvalue weighted by Crippen LogP contribution is -1.98. The van der Waals surface area contributed by atoms with Crippen LogP contribution in [0.3, 0.4) is 0 Å². The molecule has 1 heterocycles. The Morgan fingerprint density at radius 1 is 0.944 bits per heavy atom. The Morgan fingerprint density at radius 2 is 1.67 bits per heavy atom. The smallest absolute Gasteiger partial charge is 0.258 e. The molecule has 1 aromatic heterocycles. The van der Waals surface area contributed by atoms with E-state index in [4.69, 9.17) is 4.74 Å². The van der Waals surface area contributed by atoms with E-state index in [1.807, 2.05) is 0 Å². The highest BCUT2D eigenvalue weighted by molar-refractivity contribution is 5.32. The van der Waals surface area contributed by atoms with Crippen molar-refractivity contribution in [1.29, 1.82) is 0 Å². The topological polar surface area (TPSA) is 22.1 Å². The minimum absolute atomic E-state index is 0.0753. The molecule has 94 valence electrons. The van der Waals surface area contributed by atoms with Gasteiger partial charge in [-0.3, -0.25) is 0 Å². The molecule has 0 saturated carbocycles. The van der Waals surface area contributed by atoms with E-state index in [1.165, 1.54) is 19.1 Å². The van der Waals surface area contributed by atoms with Crippen LogP contribution in [0.2, 0.25) is 0 Å². The predicted molar refractivity (Wildman–Crippen MR) is 55.3 cm³/mol. The molecule has 2 nitrogen and oxygen atoms in total. The Morgan fingerprint density at radius 3 is 2.33 bits per heavy atom. The number of rotatable bonds is 2. The molecule has 0 amide bonds. The molecule has 0 saturated heterocycles. The van der Waals surface area contributed by atoms with Crippen LogP contribution in [0.15, 0.2) is 24.3 Å². The molecule has 0 atom stereocenters. The normalized spacial score (nSPS) is 10.5. The lowest BCUT2D eigenvalue weighted by molar-refractivity contribution is 0.386. The van der Waals surface area contributed by atoms with Crippen LogP contribution in [0.25, 0.3) is 0 Å². The third-order valence-electron chi connectivity index (χ3n) is 2.20. The summed E-state index contributed by atoms with van der Waals surface area (Å²) in [6.07, 6.45) is 0. The summed E-state index contributed by atoms with van der Waals surface area (Å²) in [7, 11) is 0. The molecule has 0 unspecified atom stereocenters. The molecule has 0 aliphatic rings. The van der Waals surface area contributed by atoms with Gasteiger partial charge in [-0.1, -0.05) is 0 Å². The van der Waals surface area contributed by atoms with Crippen molar-refractivity contribution >= 4 is 0 Å². The average molecular weight is 257 g/mol. The quantitative estimate of drug-likeness (QED) is 0.604. The van der Waals surface area contributed by atoms with Gasteiger partial charge in [0.05, 0.1) is 0 Å². The van der Waals surface area contributed by atoms with Crippen molar-refractivity contribution in [2.45, 2.75) is 6.92 Å². The Labute approximate surface area is 99.8 Å². The lowest BCUT2D eigenvalue weighted by atomic mass is 10.2. The number of hydrogen-bond acceptors (Lipinski definition) is 2. The van der Waals surface area contributed by atoms with Gasteiger partial charge in [-0.2, -0.15) is 9.37 Å². The Hall–Kier alpha value is -2.11. The van der Waals surface area contributed by atoms with Crippen LogP contribution >= 0.6 is 0 Å². The SMILES string of the molecule is Cc1cc(Oc2nc(F)c(F)cc2F)ccc1F. The Kier molecular flexibility index (Phi) is 3.18. The van der Waals surface area contributed by atoms with E-state index in [2.05, 4.69) is 4.98 Å². The highest BCUT2D eigenvalue weighted by Gasteiger charge is 2.13. The number of halogens is 4. The van der Waals surface area contributed by atoms with Crippen LogP contribution in [0.4, 0.5) is 17.6 Å². The highest BCUT2D eigenvalue weighted by atomic mass is 19.2. The van der Waals surface area contributed by atoms with Gasteiger partial charge in [0, 0.05) is 6.07 Å². The lowest BCUT2D eigenvalue weighted by Gasteiger charge is -2.07. The van der Waals surface area contributed by atoms with Crippen LogP contribution in [0.1, 0.15) is 5.56 Å². The molecule has 0 radical (unpaired) electrons. The second-order valence-electron chi connectivity index (χ2n) is 3.56. The summed E-state index contributed by atoms with van der Waals surface area (Å²) < 4.78 is 56.6. The fourth-order valence-electron chi connectivity index (χ4n) is 1.29. The number of benzene rings is 1. The summed E-state index contributed by atoms with van der Waals surface area (Å²) in [6.45, 7) is 1.48. The van der Waals surface area contributed by atoms with Crippen molar-refractivity contribution in [1.82, 2.24) is 4.98 Å². The van der Waals surface area contributed by atoms with Crippen LogP contribution < -0.4 is 4.74 Å². The van der Waals surface area contributed by atoms with Crippen LogP contribution in [-0.2, 0) is 0 Å². The molecule has 1 aromatic carbocycles. The van der Waals surface area contributed by atoms with E-state index in [9.17, 15) is 17.6 Å². The Bertz CT molecular complexity index is 601. The summed E-state index contributed by atoms with van der Waals surface area (Å²) in [4.78, 5) is 2.99. The van der Waals surface area contributed by atoms with Crippen LogP contribution in [-0.4, -0.2) is 4.98 Å². The second kappa shape index (κ2) is 4.64. The van der Waals surface area contributed by atoms with Gasteiger partial charge in [0.1, 0.15) is 11.6 Å². The number of pyridine rings is 1. The van der Waals surface area contributed by atoms with E-state index >= 15 is 0 Å². The van der Waals surface area contributed by atoms with Gasteiger partial charge >= 0.3 is 0 Å². The summed E-state index contributed by atoms with van der Waals surface area (Å²) in [5, 5.41) is 0. The van der Waals surface area contributed by atoms with E-state index in [1.54, 1.807) is 0 Å². The van der Waals surface area contributed by atoms with Crippen LogP contribution in [0.5, 0.6) is 11.6 Å². The summed E-state index contributed by atoms with van der Waals surface area (Å²) >= 11 is 0. The molecule has 0 bridgehead atoms. The number of nitrogens with zero attached hydrogens (tertiary/aromatic N) is 1. The van der Waals surface area contributed by atoms with Crippen molar-refractivity contribution in [2.75, 3.05) is 0 Å². The van der Waals surface area contributed by atoms with Crippen molar-refractivity contribution in [2.24, 2.45) is 0 Å². The maximum atomic E-state index is 13.2. The van der Waals surface area contributed by atoms with Gasteiger partial charge in [-0.15, -0.1) is 0 Å². The van der Waals surface area contributed by atoms with Gasteiger partial charge in [-0.25, -0.2) is 13.2 Å². The molecular weight excluding hydrogens is 250 g/mol. The summed E-state index contributed by atoms with van der Waals surface area (Å²) in [5.41, 5.74) is 0.274. The zero-order valence-corrected chi connectivity index (χ0v) is 9.18. The van der Waals surface area contributed by atoms with Crippen molar-refractivity contribution in [3.8, 4) is 11.6 Å².